The van der Waals surface area contributed by atoms with Crippen LogP contribution in [0.5, 0.6) is 0 Å². The van der Waals surface area contributed by atoms with Crippen molar-refractivity contribution < 1.29 is 8.42 Å². The third-order valence-electron chi connectivity index (χ3n) is 4.02. The van der Waals surface area contributed by atoms with Gasteiger partial charge in [-0.25, -0.2) is 13.4 Å². The van der Waals surface area contributed by atoms with Gasteiger partial charge in [-0.2, -0.15) is 0 Å². The zero-order valence-corrected chi connectivity index (χ0v) is 17.0. The van der Waals surface area contributed by atoms with Crippen LogP contribution in [0.2, 0.25) is 0 Å². The van der Waals surface area contributed by atoms with Gasteiger partial charge in [-0.1, -0.05) is 54.9 Å². The molecule has 0 unspecified atom stereocenters. The number of hydrogen-bond acceptors (Lipinski definition) is 4. The quantitative estimate of drug-likeness (QED) is 0.587. The number of rotatable bonds is 7. The van der Waals surface area contributed by atoms with E-state index < -0.39 is 10.0 Å². The van der Waals surface area contributed by atoms with Gasteiger partial charge in [0, 0.05) is 11.1 Å². The van der Waals surface area contributed by atoms with Crippen LogP contribution in [0.1, 0.15) is 24.5 Å². The molecule has 1 aromatic heterocycles. The Balaban J connectivity index is 1.83. The van der Waals surface area contributed by atoms with Crippen LogP contribution in [-0.4, -0.2) is 13.4 Å². The van der Waals surface area contributed by atoms with Gasteiger partial charge in [-0.15, -0.1) is 0 Å². The summed E-state index contributed by atoms with van der Waals surface area (Å²) in [5.74, 6) is 0. The van der Waals surface area contributed by atoms with Gasteiger partial charge in [-0.3, -0.25) is 4.72 Å². The van der Waals surface area contributed by atoms with Crippen molar-refractivity contribution in [2.75, 3.05) is 4.72 Å². The molecule has 0 aliphatic carbocycles. The number of aromatic nitrogens is 1. The van der Waals surface area contributed by atoms with Crippen molar-refractivity contribution in [3.8, 4) is 0 Å². The normalized spacial score (nSPS) is 11.3. The van der Waals surface area contributed by atoms with Gasteiger partial charge >= 0.3 is 0 Å². The molecule has 0 aliphatic rings. The highest BCUT2D eigenvalue weighted by Crippen LogP contribution is 2.32. The van der Waals surface area contributed by atoms with E-state index in [1.165, 1.54) is 17.3 Å². The van der Waals surface area contributed by atoms with Crippen LogP contribution >= 0.6 is 11.8 Å². The third kappa shape index (κ3) is 5.11. The van der Waals surface area contributed by atoms with E-state index in [0.29, 0.717) is 10.7 Å². The standard InChI is InChI=1S/C21H22N2O2S2/c1-3-5-17-9-13-19(14-10-17)27(24,25)23-20-6-4-15-22-21(20)26-18-11-7-16(2)8-12-18/h4,6-15,23H,3,5H2,1-2H3. The molecule has 0 spiro atoms. The lowest BCUT2D eigenvalue weighted by Gasteiger charge is -2.12. The minimum absolute atomic E-state index is 0.248. The molecule has 4 nitrogen and oxygen atoms in total. The minimum atomic E-state index is -3.67. The lowest BCUT2D eigenvalue weighted by atomic mass is 10.1. The topological polar surface area (TPSA) is 59.1 Å². The highest BCUT2D eigenvalue weighted by molar-refractivity contribution is 7.99. The smallest absolute Gasteiger partial charge is 0.261 e. The molecule has 0 radical (unpaired) electrons. The van der Waals surface area contributed by atoms with E-state index in [4.69, 9.17) is 0 Å². The lowest BCUT2D eigenvalue weighted by molar-refractivity contribution is 0.601. The molecule has 0 aliphatic heterocycles. The fraction of sp³-hybridized carbons (Fsp3) is 0.190. The van der Waals surface area contributed by atoms with Crippen LogP contribution in [0.25, 0.3) is 0 Å². The van der Waals surface area contributed by atoms with Gasteiger partial charge in [0.25, 0.3) is 10.0 Å². The second-order valence-electron chi connectivity index (χ2n) is 6.27. The Labute approximate surface area is 165 Å². The molecule has 1 heterocycles. The van der Waals surface area contributed by atoms with Gasteiger partial charge in [0.15, 0.2) is 0 Å². The van der Waals surface area contributed by atoms with Crippen molar-refractivity contribution in [3.63, 3.8) is 0 Å². The lowest BCUT2D eigenvalue weighted by Crippen LogP contribution is -2.14. The molecule has 0 saturated carbocycles. The Morgan fingerprint density at radius 2 is 1.70 bits per heavy atom. The first-order valence-corrected chi connectivity index (χ1v) is 11.1. The summed E-state index contributed by atoms with van der Waals surface area (Å²) in [4.78, 5) is 5.60. The molecule has 0 saturated heterocycles. The van der Waals surface area contributed by atoms with E-state index in [-0.39, 0.29) is 4.90 Å². The molecular formula is C21H22N2O2S2. The maximum absolute atomic E-state index is 12.8. The number of nitrogens with one attached hydrogen (secondary N) is 1. The molecule has 2 aromatic carbocycles. The fourth-order valence-electron chi connectivity index (χ4n) is 2.60. The van der Waals surface area contributed by atoms with E-state index in [1.54, 1.807) is 30.5 Å². The van der Waals surface area contributed by atoms with Gasteiger partial charge in [0.05, 0.1) is 10.6 Å². The zero-order valence-electron chi connectivity index (χ0n) is 15.3. The van der Waals surface area contributed by atoms with Crippen molar-refractivity contribution in [3.05, 3.63) is 78.0 Å². The summed E-state index contributed by atoms with van der Waals surface area (Å²) in [6, 6.07) is 18.5. The monoisotopic (exact) mass is 398 g/mol. The summed E-state index contributed by atoms with van der Waals surface area (Å²) in [5.41, 5.74) is 2.78. The van der Waals surface area contributed by atoms with Crippen molar-refractivity contribution in [2.45, 2.75) is 41.5 Å². The second-order valence-corrected chi connectivity index (χ2v) is 9.02. The van der Waals surface area contributed by atoms with E-state index in [1.807, 2.05) is 43.3 Å². The van der Waals surface area contributed by atoms with E-state index in [0.717, 1.165) is 23.3 Å². The number of aryl methyl sites for hydroxylation is 2. The first kappa shape index (κ1) is 19.5. The summed E-state index contributed by atoms with van der Waals surface area (Å²) in [7, 11) is -3.67. The molecule has 0 atom stereocenters. The van der Waals surface area contributed by atoms with Gasteiger partial charge < -0.3 is 0 Å². The molecule has 6 heteroatoms. The van der Waals surface area contributed by atoms with Crippen molar-refractivity contribution in [1.82, 2.24) is 4.98 Å². The summed E-state index contributed by atoms with van der Waals surface area (Å²) >= 11 is 1.43. The van der Waals surface area contributed by atoms with Crippen molar-refractivity contribution in [1.29, 1.82) is 0 Å². The number of sulfonamides is 1. The summed E-state index contributed by atoms with van der Waals surface area (Å²) in [5, 5.41) is 0.618. The van der Waals surface area contributed by atoms with Crippen LogP contribution in [0, 0.1) is 6.92 Å². The number of anilines is 1. The highest BCUT2D eigenvalue weighted by Gasteiger charge is 2.17. The highest BCUT2D eigenvalue weighted by atomic mass is 32.2. The largest absolute Gasteiger partial charge is 0.277 e. The van der Waals surface area contributed by atoms with Crippen LogP contribution < -0.4 is 4.72 Å². The SMILES string of the molecule is CCCc1ccc(S(=O)(=O)Nc2cccnc2Sc2ccc(C)cc2)cc1. The Kier molecular flexibility index (Phi) is 6.19. The van der Waals surface area contributed by atoms with Gasteiger partial charge in [-0.05, 0) is 55.3 Å². The average molecular weight is 399 g/mol. The Bertz CT molecular complexity index is 999. The number of benzene rings is 2. The molecular weight excluding hydrogens is 376 g/mol. The second kappa shape index (κ2) is 8.59. The summed E-state index contributed by atoms with van der Waals surface area (Å²) < 4.78 is 28.2. The van der Waals surface area contributed by atoms with Crippen LogP contribution in [0.3, 0.4) is 0 Å². The number of pyridine rings is 1. The minimum Gasteiger partial charge on any atom is -0.277 e. The van der Waals surface area contributed by atoms with E-state index in [2.05, 4.69) is 16.6 Å². The van der Waals surface area contributed by atoms with Gasteiger partial charge in [0.2, 0.25) is 0 Å². The number of nitrogens with zero attached hydrogens (tertiary/aromatic N) is 1. The van der Waals surface area contributed by atoms with E-state index >= 15 is 0 Å². The molecule has 0 fully saturated rings. The van der Waals surface area contributed by atoms with E-state index in [9.17, 15) is 8.42 Å². The maximum atomic E-state index is 12.8. The van der Waals surface area contributed by atoms with Crippen LogP contribution in [0.15, 0.2) is 81.7 Å². The summed E-state index contributed by atoms with van der Waals surface area (Å²) in [6.45, 7) is 4.13. The Morgan fingerprint density at radius 3 is 2.37 bits per heavy atom. The first-order valence-electron chi connectivity index (χ1n) is 8.79. The molecule has 0 bridgehead atoms. The molecule has 140 valence electrons. The van der Waals surface area contributed by atoms with Crippen molar-refractivity contribution in [2.24, 2.45) is 0 Å². The summed E-state index contributed by atoms with van der Waals surface area (Å²) in [6.07, 6.45) is 3.63. The molecule has 3 rings (SSSR count). The third-order valence-corrected chi connectivity index (χ3v) is 6.43. The fourth-order valence-corrected chi connectivity index (χ4v) is 4.56. The average Bonchev–Trinajstić information content (AvgIpc) is 2.66. The maximum Gasteiger partial charge on any atom is 0.261 e. The molecule has 0 amide bonds. The molecule has 1 N–H and O–H groups in total. The number of hydrogen-bond donors (Lipinski definition) is 1. The van der Waals surface area contributed by atoms with Crippen LogP contribution in [0.4, 0.5) is 5.69 Å². The molecule has 27 heavy (non-hydrogen) atoms. The first-order chi connectivity index (χ1) is 13.0. The Morgan fingerprint density at radius 1 is 1.00 bits per heavy atom. The van der Waals surface area contributed by atoms with Crippen molar-refractivity contribution >= 4 is 27.5 Å². The predicted molar refractivity (Wildman–Crippen MR) is 111 cm³/mol. The zero-order chi connectivity index (χ0) is 19.3. The van der Waals surface area contributed by atoms with Gasteiger partial charge in [0.1, 0.15) is 5.03 Å². The molecule has 3 aromatic rings. The Hall–Kier alpha value is -2.31. The predicted octanol–water partition coefficient (Wildman–Crippen LogP) is 5.29. The van der Waals surface area contributed by atoms with Crippen LogP contribution in [-0.2, 0) is 16.4 Å².